The minimum atomic E-state index is 0.337. The third kappa shape index (κ3) is 1.98. The molecule has 0 saturated carbocycles. The summed E-state index contributed by atoms with van der Waals surface area (Å²) in [5.74, 6) is 0. The van der Waals surface area contributed by atoms with Crippen LogP contribution in [0.4, 0.5) is 0 Å². The van der Waals surface area contributed by atoms with Crippen LogP contribution in [0.1, 0.15) is 35.8 Å². The predicted octanol–water partition coefficient (Wildman–Crippen LogP) is 1.19. The van der Waals surface area contributed by atoms with Gasteiger partial charge in [-0.15, -0.1) is 0 Å². The first-order valence-corrected chi connectivity index (χ1v) is 6.87. The summed E-state index contributed by atoms with van der Waals surface area (Å²) < 4.78 is 7.93. The molecule has 0 spiro atoms. The van der Waals surface area contributed by atoms with Crippen molar-refractivity contribution in [3.05, 3.63) is 23.0 Å². The van der Waals surface area contributed by atoms with Crippen molar-refractivity contribution in [3.8, 4) is 0 Å². The van der Waals surface area contributed by atoms with E-state index in [-0.39, 0.29) is 0 Å². The number of hydrogen-bond donors (Lipinski definition) is 1. The van der Waals surface area contributed by atoms with Crippen LogP contribution in [-0.4, -0.2) is 35.7 Å². The Bertz CT molecular complexity index is 440. The van der Waals surface area contributed by atoms with Gasteiger partial charge >= 0.3 is 0 Å². The second-order valence-corrected chi connectivity index (χ2v) is 5.70. The Morgan fingerprint density at radius 3 is 2.89 bits per heavy atom. The Morgan fingerprint density at radius 2 is 2.17 bits per heavy atom. The van der Waals surface area contributed by atoms with Gasteiger partial charge in [-0.2, -0.15) is 0 Å². The summed E-state index contributed by atoms with van der Waals surface area (Å²) >= 11 is 0. The lowest BCUT2D eigenvalue weighted by Gasteiger charge is -2.36. The molecule has 100 valence electrons. The molecule has 0 aromatic carbocycles. The summed E-state index contributed by atoms with van der Waals surface area (Å²) in [4.78, 5) is 2.40. The fourth-order valence-corrected chi connectivity index (χ4v) is 3.41. The first kappa shape index (κ1) is 12.2. The summed E-state index contributed by atoms with van der Waals surface area (Å²) in [5.41, 5.74) is 10.3. The minimum Gasteiger partial charge on any atom is -0.376 e. The molecule has 4 heteroatoms. The van der Waals surface area contributed by atoms with Gasteiger partial charge in [0.25, 0.3) is 0 Å². The number of likely N-dealkylation sites (tertiary alicyclic amines) is 1. The van der Waals surface area contributed by atoms with Gasteiger partial charge < -0.3 is 15.0 Å². The lowest BCUT2D eigenvalue weighted by atomic mass is 9.97. The smallest absolute Gasteiger partial charge is 0.0734 e. The zero-order valence-corrected chi connectivity index (χ0v) is 11.4. The summed E-state index contributed by atoms with van der Waals surface area (Å²) in [6, 6.07) is 3.19. The maximum Gasteiger partial charge on any atom is 0.0734 e. The van der Waals surface area contributed by atoms with Crippen LogP contribution >= 0.6 is 0 Å². The van der Waals surface area contributed by atoms with E-state index in [1.807, 2.05) is 0 Å². The van der Waals surface area contributed by atoms with Crippen LogP contribution in [0.3, 0.4) is 0 Å². The molecule has 0 bridgehead atoms. The zero-order valence-electron chi connectivity index (χ0n) is 11.4. The number of rotatable bonds is 1. The standard InChI is InChI=1S/C14H23N3O/c1-16-8-11(15)3-4-13(16)14-7-10-9-18-6-5-12(10)17(14)2/h7,11,13H,3-6,8-9,15H2,1-2H3. The van der Waals surface area contributed by atoms with Crippen molar-refractivity contribution >= 4 is 0 Å². The van der Waals surface area contributed by atoms with E-state index in [1.54, 1.807) is 0 Å². The molecule has 2 unspecified atom stereocenters. The molecular formula is C14H23N3O. The lowest BCUT2D eigenvalue weighted by Crippen LogP contribution is -2.42. The van der Waals surface area contributed by atoms with Crippen molar-refractivity contribution in [2.75, 3.05) is 20.2 Å². The van der Waals surface area contributed by atoms with Gasteiger partial charge in [-0.1, -0.05) is 0 Å². The van der Waals surface area contributed by atoms with Crippen LogP contribution in [0.5, 0.6) is 0 Å². The van der Waals surface area contributed by atoms with Gasteiger partial charge in [-0.3, -0.25) is 4.90 Å². The Hall–Kier alpha value is -0.840. The van der Waals surface area contributed by atoms with Gasteiger partial charge in [0, 0.05) is 43.5 Å². The largest absolute Gasteiger partial charge is 0.376 e. The van der Waals surface area contributed by atoms with Crippen molar-refractivity contribution in [2.24, 2.45) is 12.8 Å². The molecule has 3 rings (SSSR count). The number of fused-ring (bicyclic) bond motifs is 1. The molecule has 0 radical (unpaired) electrons. The number of piperidine rings is 1. The minimum absolute atomic E-state index is 0.337. The van der Waals surface area contributed by atoms with Crippen LogP contribution in [0.2, 0.25) is 0 Å². The van der Waals surface area contributed by atoms with Crippen LogP contribution in [-0.2, 0) is 24.8 Å². The molecule has 0 amide bonds. The van der Waals surface area contributed by atoms with E-state index in [2.05, 4.69) is 29.6 Å². The summed E-state index contributed by atoms with van der Waals surface area (Å²) in [6.07, 6.45) is 3.33. The SMILES string of the molecule is CN1CC(N)CCC1c1cc2c(n1C)CCOC2. The molecule has 1 fully saturated rings. The molecule has 1 aromatic heterocycles. The first-order chi connectivity index (χ1) is 8.66. The van der Waals surface area contributed by atoms with E-state index >= 15 is 0 Å². The highest BCUT2D eigenvalue weighted by Gasteiger charge is 2.28. The monoisotopic (exact) mass is 249 g/mol. The quantitative estimate of drug-likeness (QED) is 0.813. The van der Waals surface area contributed by atoms with Crippen molar-refractivity contribution in [1.29, 1.82) is 0 Å². The summed E-state index contributed by atoms with van der Waals surface area (Å²) in [6.45, 7) is 2.63. The summed E-state index contributed by atoms with van der Waals surface area (Å²) in [5, 5.41) is 0. The van der Waals surface area contributed by atoms with Gasteiger partial charge in [0.1, 0.15) is 0 Å². The van der Waals surface area contributed by atoms with Crippen molar-refractivity contribution in [3.63, 3.8) is 0 Å². The molecule has 4 nitrogen and oxygen atoms in total. The van der Waals surface area contributed by atoms with Crippen molar-refractivity contribution in [1.82, 2.24) is 9.47 Å². The third-order valence-corrected chi connectivity index (χ3v) is 4.43. The topological polar surface area (TPSA) is 43.4 Å². The molecule has 18 heavy (non-hydrogen) atoms. The highest BCUT2D eigenvalue weighted by atomic mass is 16.5. The molecule has 2 aliphatic heterocycles. The van der Waals surface area contributed by atoms with Crippen LogP contribution in [0.15, 0.2) is 6.07 Å². The average Bonchev–Trinajstić information content (AvgIpc) is 2.68. The van der Waals surface area contributed by atoms with E-state index in [9.17, 15) is 0 Å². The van der Waals surface area contributed by atoms with Crippen LogP contribution in [0.25, 0.3) is 0 Å². The fraction of sp³-hybridized carbons (Fsp3) is 0.714. The van der Waals surface area contributed by atoms with Crippen molar-refractivity contribution in [2.45, 2.75) is 38.0 Å². The molecule has 2 atom stereocenters. The Kier molecular flexibility index (Phi) is 3.18. The number of nitrogens with zero attached hydrogens (tertiary/aromatic N) is 2. The van der Waals surface area contributed by atoms with Crippen LogP contribution in [0, 0.1) is 0 Å². The number of ether oxygens (including phenoxy) is 1. The Balaban J connectivity index is 1.90. The van der Waals surface area contributed by atoms with E-state index in [0.717, 1.165) is 39.0 Å². The Labute approximate surface area is 109 Å². The number of likely N-dealkylation sites (N-methyl/N-ethyl adjacent to an activating group) is 1. The normalized spacial score (nSPS) is 29.3. The van der Waals surface area contributed by atoms with Gasteiger partial charge in [-0.25, -0.2) is 0 Å². The fourth-order valence-electron chi connectivity index (χ4n) is 3.41. The first-order valence-electron chi connectivity index (χ1n) is 6.87. The van der Waals surface area contributed by atoms with E-state index in [1.165, 1.54) is 17.0 Å². The van der Waals surface area contributed by atoms with Crippen molar-refractivity contribution < 1.29 is 4.74 Å². The zero-order chi connectivity index (χ0) is 12.7. The van der Waals surface area contributed by atoms with Gasteiger partial charge in [0.2, 0.25) is 0 Å². The number of hydrogen-bond acceptors (Lipinski definition) is 3. The molecular weight excluding hydrogens is 226 g/mol. The molecule has 1 saturated heterocycles. The van der Waals surface area contributed by atoms with Gasteiger partial charge in [0.05, 0.1) is 13.2 Å². The second-order valence-electron chi connectivity index (χ2n) is 5.70. The lowest BCUT2D eigenvalue weighted by molar-refractivity contribution is 0.109. The highest BCUT2D eigenvalue weighted by Crippen LogP contribution is 2.32. The second kappa shape index (κ2) is 4.68. The highest BCUT2D eigenvalue weighted by molar-refractivity contribution is 5.31. The molecule has 2 N–H and O–H groups in total. The average molecular weight is 249 g/mol. The van der Waals surface area contributed by atoms with E-state index in [4.69, 9.17) is 10.5 Å². The maximum atomic E-state index is 6.03. The maximum absolute atomic E-state index is 6.03. The van der Waals surface area contributed by atoms with E-state index in [0.29, 0.717) is 12.1 Å². The number of nitrogens with two attached hydrogens (primary N) is 1. The van der Waals surface area contributed by atoms with E-state index < -0.39 is 0 Å². The molecule has 0 aliphatic carbocycles. The molecule has 1 aromatic rings. The van der Waals surface area contributed by atoms with Crippen LogP contribution < -0.4 is 5.73 Å². The molecule has 2 aliphatic rings. The van der Waals surface area contributed by atoms with Gasteiger partial charge in [-0.05, 0) is 31.5 Å². The predicted molar refractivity (Wildman–Crippen MR) is 71.4 cm³/mol. The Morgan fingerprint density at radius 1 is 1.33 bits per heavy atom. The molecule has 3 heterocycles. The summed E-state index contributed by atoms with van der Waals surface area (Å²) in [7, 11) is 4.38. The third-order valence-electron chi connectivity index (χ3n) is 4.43. The van der Waals surface area contributed by atoms with Gasteiger partial charge in [0.15, 0.2) is 0 Å². The number of aromatic nitrogens is 1.